The van der Waals surface area contributed by atoms with Gasteiger partial charge in [0, 0.05) is 10.9 Å². The van der Waals surface area contributed by atoms with Crippen LogP contribution in [0.5, 0.6) is 0 Å². The number of nitrogen functional groups attached to an aromatic ring is 1. The molecule has 0 bridgehead atoms. The monoisotopic (exact) mass is 333 g/mol. The molecule has 0 fully saturated rings. The van der Waals surface area contributed by atoms with Gasteiger partial charge in [0.05, 0.1) is 0 Å². The second-order valence-corrected chi connectivity index (χ2v) is 5.45. The zero-order chi connectivity index (χ0) is 14.3. The molecule has 2 heterocycles. The van der Waals surface area contributed by atoms with E-state index >= 15 is 0 Å². The maximum Gasteiger partial charge on any atom is 0.278 e. The summed E-state index contributed by atoms with van der Waals surface area (Å²) in [6.45, 7) is 2.03. The van der Waals surface area contributed by atoms with Crippen LogP contribution in [-0.4, -0.2) is 19.9 Å². The number of nitrogens with zero attached hydrogens (tertiary/aromatic N) is 2. The Labute approximate surface area is 122 Å². The maximum absolute atomic E-state index is 11.7. The van der Waals surface area contributed by atoms with Gasteiger partial charge in [0.1, 0.15) is 5.82 Å². The first-order valence-corrected chi connectivity index (χ1v) is 6.81. The smallest absolute Gasteiger partial charge is 0.278 e. The molecule has 102 valence electrons. The minimum atomic E-state index is -0.307. The summed E-state index contributed by atoms with van der Waals surface area (Å²) in [5.74, 6) is 0.755. The lowest BCUT2D eigenvalue weighted by atomic mass is 10.1. The Morgan fingerprint density at radius 2 is 2.10 bits per heavy atom. The number of nitrogens with one attached hydrogen (secondary N) is 2. The lowest BCUT2D eigenvalue weighted by molar-refractivity contribution is 1.03. The van der Waals surface area contributed by atoms with Crippen molar-refractivity contribution in [3.63, 3.8) is 0 Å². The number of fused-ring (bicyclic) bond motifs is 1. The number of nitrogens with two attached hydrogens (primary N) is 1. The highest BCUT2D eigenvalue weighted by molar-refractivity contribution is 9.10. The van der Waals surface area contributed by atoms with Crippen LogP contribution in [0.4, 0.5) is 5.95 Å². The van der Waals surface area contributed by atoms with Gasteiger partial charge in [-0.2, -0.15) is 4.98 Å². The van der Waals surface area contributed by atoms with Crippen LogP contribution < -0.4 is 11.3 Å². The predicted molar refractivity (Wildman–Crippen MR) is 80.6 cm³/mol. The van der Waals surface area contributed by atoms with Gasteiger partial charge in [0.2, 0.25) is 5.95 Å². The Hall–Kier alpha value is -2.15. The molecule has 7 heteroatoms. The van der Waals surface area contributed by atoms with Crippen molar-refractivity contribution >= 4 is 33.0 Å². The van der Waals surface area contributed by atoms with E-state index in [1.807, 2.05) is 19.1 Å². The summed E-state index contributed by atoms with van der Waals surface area (Å²) in [7, 11) is 0. The topological polar surface area (TPSA) is 100 Å². The minimum Gasteiger partial charge on any atom is -0.369 e. The van der Waals surface area contributed by atoms with E-state index in [1.165, 1.54) is 0 Å². The summed E-state index contributed by atoms with van der Waals surface area (Å²) in [5.41, 5.74) is 8.14. The first-order valence-electron chi connectivity index (χ1n) is 6.02. The molecule has 0 atom stereocenters. The molecule has 4 N–H and O–H groups in total. The summed E-state index contributed by atoms with van der Waals surface area (Å²) >= 11 is 3.47. The molecule has 0 saturated heterocycles. The zero-order valence-corrected chi connectivity index (χ0v) is 12.3. The fraction of sp³-hybridized carbons (Fsp3) is 0.154. The third kappa shape index (κ3) is 2.32. The van der Waals surface area contributed by atoms with Crippen LogP contribution in [-0.2, 0) is 6.42 Å². The Kier molecular flexibility index (Phi) is 3.06. The van der Waals surface area contributed by atoms with Gasteiger partial charge in [-0.25, -0.2) is 4.98 Å². The van der Waals surface area contributed by atoms with E-state index in [9.17, 15) is 4.79 Å². The fourth-order valence-corrected chi connectivity index (χ4v) is 2.31. The highest BCUT2D eigenvalue weighted by Crippen LogP contribution is 2.19. The average molecular weight is 334 g/mol. The molecule has 0 radical (unpaired) electrons. The Morgan fingerprint density at radius 1 is 1.30 bits per heavy atom. The average Bonchev–Trinajstić information content (AvgIpc) is 2.76. The van der Waals surface area contributed by atoms with Crippen LogP contribution in [0.25, 0.3) is 11.2 Å². The maximum atomic E-state index is 11.7. The molecule has 1 aromatic carbocycles. The van der Waals surface area contributed by atoms with E-state index in [0.29, 0.717) is 23.4 Å². The van der Waals surface area contributed by atoms with E-state index in [4.69, 9.17) is 5.73 Å². The number of aromatic amines is 2. The summed E-state index contributed by atoms with van der Waals surface area (Å²) in [6.07, 6.45) is 0.601. The van der Waals surface area contributed by atoms with Gasteiger partial charge in [-0.3, -0.25) is 9.78 Å². The second kappa shape index (κ2) is 4.75. The quantitative estimate of drug-likeness (QED) is 0.666. The lowest BCUT2D eigenvalue weighted by Crippen LogP contribution is -2.10. The van der Waals surface area contributed by atoms with E-state index < -0.39 is 0 Å². The molecule has 0 saturated carbocycles. The van der Waals surface area contributed by atoms with Crippen molar-refractivity contribution in [1.82, 2.24) is 19.9 Å². The zero-order valence-electron chi connectivity index (χ0n) is 10.7. The number of halogens is 1. The molecule has 3 aromatic rings. The molecule has 0 aliphatic rings. The molecular weight excluding hydrogens is 322 g/mol. The van der Waals surface area contributed by atoms with Crippen molar-refractivity contribution in [3.05, 3.63) is 50.0 Å². The van der Waals surface area contributed by atoms with Crippen molar-refractivity contribution in [3.8, 4) is 0 Å². The largest absolute Gasteiger partial charge is 0.369 e. The Morgan fingerprint density at radius 3 is 2.85 bits per heavy atom. The summed E-state index contributed by atoms with van der Waals surface area (Å²) in [6, 6.07) is 6.08. The molecule has 3 rings (SSSR count). The van der Waals surface area contributed by atoms with Crippen LogP contribution in [0.3, 0.4) is 0 Å². The van der Waals surface area contributed by atoms with Gasteiger partial charge in [-0.15, -0.1) is 0 Å². The summed E-state index contributed by atoms with van der Waals surface area (Å²) < 4.78 is 1.07. The highest BCUT2D eigenvalue weighted by Gasteiger charge is 2.09. The molecule has 2 aromatic heterocycles. The van der Waals surface area contributed by atoms with E-state index in [0.717, 1.165) is 15.6 Å². The summed E-state index contributed by atoms with van der Waals surface area (Å²) in [4.78, 5) is 25.4. The molecule has 0 aliphatic heterocycles. The van der Waals surface area contributed by atoms with Crippen LogP contribution in [0.2, 0.25) is 0 Å². The molecule has 20 heavy (non-hydrogen) atoms. The van der Waals surface area contributed by atoms with Crippen LogP contribution in [0.1, 0.15) is 17.0 Å². The van der Waals surface area contributed by atoms with Gasteiger partial charge in [0.25, 0.3) is 5.56 Å². The number of rotatable bonds is 2. The van der Waals surface area contributed by atoms with E-state index in [1.54, 1.807) is 0 Å². The highest BCUT2D eigenvalue weighted by atomic mass is 79.9. The fourth-order valence-electron chi connectivity index (χ4n) is 2.07. The minimum absolute atomic E-state index is 0.0695. The molecular formula is C13H12BrN5O. The van der Waals surface area contributed by atoms with Gasteiger partial charge in [-0.05, 0) is 24.1 Å². The lowest BCUT2D eigenvalue weighted by Gasteiger charge is -2.02. The number of aromatic nitrogens is 4. The first-order chi connectivity index (χ1) is 9.52. The van der Waals surface area contributed by atoms with Crippen molar-refractivity contribution < 1.29 is 0 Å². The van der Waals surface area contributed by atoms with Crippen LogP contribution in [0, 0.1) is 6.92 Å². The number of benzene rings is 1. The van der Waals surface area contributed by atoms with Gasteiger partial charge >= 0.3 is 0 Å². The summed E-state index contributed by atoms with van der Waals surface area (Å²) in [5, 5.41) is 0. The number of hydrogen-bond acceptors (Lipinski definition) is 4. The standard InChI is InChI=1S/C13H12BrN5O/c1-6-4-7(2-3-8(6)14)5-9-16-10-11(17-9)18-13(15)19-12(10)20/h2-4H,5H2,1H3,(H4,15,16,17,18,19,20). The molecule has 0 aliphatic carbocycles. The van der Waals surface area contributed by atoms with Crippen molar-refractivity contribution in [2.75, 3.05) is 5.73 Å². The van der Waals surface area contributed by atoms with Crippen LogP contribution in [0.15, 0.2) is 27.5 Å². The second-order valence-electron chi connectivity index (χ2n) is 4.59. The third-order valence-electron chi connectivity index (χ3n) is 3.02. The number of aryl methyl sites for hydroxylation is 1. The number of hydrogen-bond donors (Lipinski definition) is 3. The van der Waals surface area contributed by atoms with Crippen LogP contribution >= 0.6 is 15.9 Å². The van der Waals surface area contributed by atoms with Gasteiger partial charge in [-0.1, -0.05) is 28.1 Å². The Bertz CT molecular complexity index is 852. The van der Waals surface area contributed by atoms with Crippen molar-refractivity contribution in [1.29, 1.82) is 0 Å². The number of anilines is 1. The Balaban J connectivity index is 2.00. The molecule has 6 nitrogen and oxygen atoms in total. The van der Waals surface area contributed by atoms with Crippen molar-refractivity contribution in [2.24, 2.45) is 0 Å². The van der Waals surface area contributed by atoms with E-state index in [-0.39, 0.29) is 11.5 Å². The van der Waals surface area contributed by atoms with Crippen molar-refractivity contribution in [2.45, 2.75) is 13.3 Å². The third-order valence-corrected chi connectivity index (χ3v) is 3.91. The molecule has 0 unspecified atom stereocenters. The van der Waals surface area contributed by atoms with Gasteiger partial charge < -0.3 is 10.7 Å². The molecule has 0 spiro atoms. The van der Waals surface area contributed by atoms with E-state index in [2.05, 4.69) is 41.9 Å². The number of H-pyrrole nitrogens is 2. The number of imidazole rings is 1. The predicted octanol–water partition coefficient (Wildman–Crippen LogP) is 1.89. The normalized spacial score (nSPS) is 11.1. The van der Waals surface area contributed by atoms with Gasteiger partial charge in [0.15, 0.2) is 11.2 Å². The molecule has 0 amide bonds. The SMILES string of the molecule is Cc1cc(Cc2nc3nc(N)[nH]c(=O)c3[nH]2)ccc1Br. The first kappa shape index (κ1) is 12.9.